The lowest BCUT2D eigenvalue weighted by Crippen LogP contribution is -2.22. The van der Waals surface area contributed by atoms with Crippen LogP contribution >= 0.6 is 38.9 Å². The van der Waals surface area contributed by atoms with E-state index in [0.29, 0.717) is 5.02 Å². The summed E-state index contributed by atoms with van der Waals surface area (Å²) in [5.41, 5.74) is -0.342. The van der Waals surface area contributed by atoms with E-state index in [-0.39, 0.29) is 0 Å². The molecule has 0 saturated heterocycles. The highest BCUT2D eigenvalue weighted by molar-refractivity contribution is 9.10. The Balaban J connectivity index is 2.55. The van der Waals surface area contributed by atoms with E-state index in [2.05, 4.69) is 15.9 Å². The maximum atomic E-state index is 10.6. The van der Waals surface area contributed by atoms with Gasteiger partial charge in [0.1, 0.15) is 5.60 Å². The summed E-state index contributed by atoms with van der Waals surface area (Å²) in [5.74, 6) is 0. The van der Waals surface area contributed by atoms with Crippen LogP contribution in [0.4, 0.5) is 0 Å². The fourth-order valence-corrected chi connectivity index (χ4v) is 3.77. The maximum absolute atomic E-state index is 10.6. The van der Waals surface area contributed by atoms with Gasteiger partial charge < -0.3 is 5.11 Å². The Kier molecular flexibility index (Phi) is 3.40. The molecule has 1 nitrogen and oxygen atoms in total. The number of halogens is 2. The summed E-state index contributed by atoms with van der Waals surface area (Å²) < 4.78 is 0.905. The van der Waals surface area contributed by atoms with E-state index in [1.165, 1.54) is 11.3 Å². The molecule has 2 aromatic rings. The van der Waals surface area contributed by atoms with Crippen molar-refractivity contribution in [3.05, 3.63) is 55.6 Å². The van der Waals surface area contributed by atoms with Crippen molar-refractivity contribution in [2.75, 3.05) is 0 Å². The van der Waals surface area contributed by atoms with Crippen molar-refractivity contribution in [1.82, 2.24) is 0 Å². The van der Waals surface area contributed by atoms with Crippen LogP contribution in [0.2, 0.25) is 5.02 Å². The summed E-state index contributed by atoms with van der Waals surface area (Å²) >= 11 is 11.0. The van der Waals surface area contributed by atoms with Crippen molar-refractivity contribution < 1.29 is 5.11 Å². The zero-order chi connectivity index (χ0) is 11.8. The van der Waals surface area contributed by atoms with Gasteiger partial charge in [-0.05, 0) is 40.4 Å². The quantitative estimate of drug-likeness (QED) is 0.869. The van der Waals surface area contributed by atoms with Crippen molar-refractivity contribution in [3.63, 3.8) is 0 Å². The second kappa shape index (κ2) is 4.49. The third kappa shape index (κ3) is 2.05. The molecule has 0 amide bonds. The molecule has 0 fully saturated rings. The molecule has 16 heavy (non-hydrogen) atoms. The Bertz CT molecular complexity index is 507. The molecule has 0 aliphatic rings. The van der Waals surface area contributed by atoms with E-state index in [1.807, 2.05) is 29.6 Å². The fraction of sp³-hybridized carbons (Fsp3) is 0.167. The number of benzene rings is 1. The Morgan fingerprint density at radius 3 is 2.56 bits per heavy atom. The molecule has 1 aromatic carbocycles. The standard InChI is InChI=1S/C12H10BrClOS/c1-12(15,11-9(13)6-7-16-11)8-4-2-3-5-10(8)14/h2-7,15H,1H3. The van der Waals surface area contributed by atoms with Gasteiger partial charge >= 0.3 is 0 Å². The van der Waals surface area contributed by atoms with E-state index >= 15 is 0 Å². The lowest BCUT2D eigenvalue weighted by Gasteiger charge is -2.24. The molecule has 4 heteroatoms. The molecule has 0 aliphatic heterocycles. The van der Waals surface area contributed by atoms with Crippen molar-refractivity contribution >= 4 is 38.9 Å². The third-order valence-electron chi connectivity index (χ3n) is 2.46. The van der Waals surface area contributed by atoms with Crippen LogP contribution in [0.1, 0.15) is 17.4 Å². The van der Waals surface area contributed by atoms with Gasteiger partial charge in [0, 0.05) is 15.1 Å². The zero-order valence-corrected chi connectivity index (χ0v) is 11.7. The molecule has 2 rings (SSSR count). The highest BCUT2D eigenvalue weighted by atomic mass is 79.9. The van der Waals surface area contributed by atoms with Crippen LogP contribution < -0.4 is 0 Å². The molecular weight excluding hydrogens is 308 g/mol. The van der Waals surface area contributed by atoms with Crippen LogP contribution in [-0.4, -0.2) is 5.11 Å². The normalized spacial score (nSPS) is 14.8. The molecule has 0 spiro atoms. The highest BCUT2D eigenvalue weighted by Crippen LogP contribution is 2.40. The molecule has 1 aromatic heterocycles. The average molecular weight is 318 g/mol. The van der Waals surface area contributed by atoms with Gasteiger partial charge in [-0.15, -0.1) is 11.3 Å². The van der Waals surface area contributed by atoms with Gasteiger partial charge in [0.25, 0.3) is 0 Å². The van der Waals surface area contributed by atoms with E-state index < -0.39 is 5.60 Å². The molecular formula is C12H10BrClOS. The molecule has 0 bridgehead atoms. The van der Waals surface area contributed by atoms with E-state index in [0.717, 1.165) is 14.9 Å². The second-order valence-electron chi connectivity index (χ2n) is 3.65. The van der Waals surface area contributed by atoms with Gasteiger partial charge in [0.15, 0.2) is 0 Å². The maximum Gasteiger partial charge on any atom is 0.123 e. The minimum absolute atomic E-state index is 0.577. The van der Waals surface area contributed by atoms with Gasteiger partial charge in [0.05, 0.1) is 4.88 Å². The van der Waals surface area contributed by atoms with Gasteiger partial charge in [-0.2, -0.15) is 0 Å². The Labute approximate surface area is 112 Å². The lowest BCUT2D eigenvalue weighted by molar-refractivity contribution is 0.106. The number of hydrogen-bond donors (Lipinski definition) is 1. The van der Waals surface area contributed by atoms with E-state index in [1.54, 1.807) is 13.0 Å². The molecule has 0 saturated carbocycles. The number of aliphatic hydroxyl groups is 1. The average Bonchev–Trinajstić information content (AvgIpc) is 2.65. The lowest BCUT2D eigenvalue weighted by atomic mass is 9.94. The molecule has 0 radical (unpaired) electrons. The van der Waals surface area contributed by atoms with Crippen LogP contribution in [0.25, 0.3) is 0 Å². The summed E-state index contributed by atoms with van der Waals surface area (Å²) in [7, 11) is 0. The summed E-state index contributed by atoms with van der Waals surface area (Å²) in [5, 5.41) is 13.1. The number of thiophene rings is 1. The van der Waals surface area contributed by atoms with E-state index in [4.69, 9.17) is 11.6 Å². The minimum atomic E-state index is -1.06. The first-order valence-electron chi connectivity index (χ1n) is 4.74. The van der Waals surface area contributed by atoms with Crippen LogP contribution in [0.15, 0.2) is 40.2 Å². The summed E-state index contributed by atoms with van der Waals surface area (Å²) in [6, 6.07) is 9.27. The second-order valence-corrected chi connectivity index (χ2v) is 5.83. The van der Waals surface area contributed by atoms with Crippen LogP contribution in [0.5, 0.6) is 0 Å². The first-order valence-corrected chi connectivity index (χ1v) is 6.79. The van der Waals surface area contributed by atoms with Crippen LogP contribution in [0, 0.1) is 0 Å². The predicted molar refractivity (Wildman–Crippen MR) is 72.1 cm³/mol. The molecule has 1 atom stereocenters. The van der Waals surface area contributed by atoms with Gasteiger partial charge in [-0.1, -0.05) is 29.8 Å². The third-order valence-corrected chi connectivity index (χ3v) is 4.84. The van der Waals surface area contributed by atoms with Gasteiger partial charge in [0.2, 0.25) is 0 Å². The molecule has 0 aliphatic carbocycles. The number of hydrogen-bond acceptors (Lipinski definition) is 2. The summed E-state index contributed by atoms with van der Waals surface area (Å²) in [6.07, 6.45) is 0. The van der Waals surface area contributed by atoms with Crippen molar-refractivity contribution in [1.29, 1.82) is 0 Å². The smallest absolute Gasteiger partial charge is 0.123 e. The first-order chi connectivity index (χ1) is 7.53. The Morgan fingerprint density at radius 1 is 1.31 bits per heavy atom. The SMILES string of the molecule is CC(O)(c1ccccc1Cl)c1sccc1Br. The predicted octanol–water partition coefficient (Wildman–Crippen LogP) is 4.42. The van der Waals surface area contributed by atoms with Crippen molar-refractivity contribution in [3.8, 4) is 0 Å². The van der Waals surface area contributed by atoms with Gasteiger partial charge in [-0.25, -0.2) is 0 Å². The topological polar surface area (TPSA) is 20.2 Å². The molecule has 1 N–H and O–H groups in total. The molecule has 84 valence electrons. The number of rotatable bonds is 2. The summed E-state index contributed by atoms with van der Waals surface area (Å²) in [4.78, 5) is 0.862. The fourth-order valence-electron chi connectivity index (χ4n) is 1.62. The zero-order valence-electron chi connectivity index (χ0n) is 8.58. The minimum Gasteiger partial charge on any atom is -0.380 e. The van der Waals surface area contributed by atoms with E-state index in [9.17, 15) is 5.11 Å². The highest BCUT2D eigenvalue weighted by Gasteiger charge is 2.30. The Morgan fingerprint density at radius 2 is 2.00 bits per heavy atom. The van der Waals surface area contributed by atoms with Crippen molar-refractivity contribution in [2.24, 2.45) is 0 Å². The van der Waals surface area contributed by atoms with Crippen LogP contribution in [0.3, 0.4) is 0 Å². The Hall–Kier alpha value is -0.350. The van der Waals surface area contributed by atoms with Crippen molar-refractivity contribution in [2.45, 2.75) is 12.5 Å². The first kappa shape index (κ1) is 12.1. The molecule has 1 unspecified atom stereocenters. The van der Waals surface area contributed by atoms with Crippen LogP contribution in [-0.2, 0) is 5.60 Å². The molecule has 1 heterocycles. The van der Waals surface area contributed by atoms with Gasteiger partial charge in [-0.3, -0.25) is 0 Å². The summed E-state index contributed by atoms with van der Waals surface area (Å²) in [6.45, 7) is 1.75. The monoisotopic (exact) mass is 316 g/mol. The largest absolute Gasteiger partial charge is 0.380 e.